The first-order chi connectivity index (χ1) is 7.10. The molecule has 0 aromatic heterocycles. The number of methoxy groups -OCH3 is 1. The van der Waals surface area contributed by atoms with Crippen LogP contribution in [-0.2, 0) is 4.79 Å². The Kier molecular flexibility index (Phi) is 3.64. The van der Waals surface area contributed by atoms with Gasteiger partial charge in [-0.3, -0.25) is 0 Å². The molecule has 3 heteroatoms. The van der Waals surface area contributed by atoms with E-state index in [1.165, 1.54) is 0 Å². The number of benzene rings is 1. The van der Waals surface area contributed by atoms with Crippen LogP contribution >= 0.6 is 0 Å². The molecule has 80 valence electrons. The highest BCUT2D eigenvalue weighted by Gasteiger charge is 2.10. The van der Waals surface area contributed by atoms with Crippen molar-refractivity contribution in [3.05, 3.63) is 23.3 Å². The Morgan fingerprint density at radius 2 is 2.07 bits per heavy atom. The van der Waals surface area contributed by atoms with Crippen LogP contribution in [0.3, 0.4) is 0 Å². The number of nitrogens with zero attached hydrogens (tertiary/aromatic N) is 1. The van der Waals surface area contributed by atoms with E-state index >= 15 is 0 Å². The lowest BCUT2D eigenvalue weighted by Crippen LogP contribution is -1.95. The smallest absolute Gasteiger partial charge is 0.240 e. The van der Waals surface area contributed by atoms with Crippen LogP contribution in [0.1, 0.15) is 30.9 Å². The molecule has 0 heterocycles. The lowest BCUT2D eigenvalue weighted by molar-refractivity contribution is 0.407. The van der Waals surface area contributed by atoms with Crippen LogP contribution < -0.4 is 4.74 Å². The van der Waals surface area contributed by atoms with Gasteiger partial charge in [-0.2, -0.15) is 4.99 Å². The zero-order valence-electron chi connectivity index (χ0n) is 9.50. The molecule has 1 aromatic rings. The molecule has 0 bridgehead atoms. The maximum atomic E-state index is 10.2. The van der Waals surface area contributed by atoms with E-state index in [2.05, 4.69) is 18.8 Å². The Morgan fingerprint density at radius 1 is 1.40 bits per heavy atom. The molecule has 1 aromatic carbocycles. The van der Waals surface area contributed by atoms with Gasteiger partial charge in [-0.1, -0.05) is 13.8 Å². The van der Waals surface area contributed by atoms with E-state index in [0.717, 1.165) is 16.9 Å². The van der Waals surface area contributed by atoms with Crippen LogP contribution in [0.15, 0.2) is 17.1 Å². The summed E-state index contributed by atoms with van der Waals surface area (Å²) in [5.41, 5.74) is 2.63. The van der Waals surface area contributed by atoms with E-state index in [4.69, 9.17) is 4.74 Å². The van der Waals surface area contributed by atoms with Crippen LogP contribution in [0.4, 0.5) is 5.69 Å². The fourth-order valence-corrected chi connectivity index (χ4v) is 1.48. The SMILES string of the molecule is COc1cc(C)c(N=C=O)cc1C(C)C. The van der Waals surface area contributed by atoms with E-state index in [1.807, 2.05) is 19.1 Å². The Morgan fingerprint density at radius 3 is 2.53 bits per heavy atom. The van der Waals surface area contributed by atoms with Gasteiger partial charge in [0.2, 0.25) is 6.08 Å². The fraction of sp³-hybridized carbons (Fsp3) is 0.417. The Bertz CT molecular complexity index is 404. The highest BCUT2D eigenvalue weighted by atomic mass is 16.5. The third kappa shape index (κ3) is 2.45. The van der Waals surface area contributed by atoms with Crippen LogP contribution in [0.25, 0.3) is 0 Å². The van der Waals surface area contributed by atoms with Gasteiger partial charge < -0.3 is 4.74 Å². The Hall–Kier alpha value is -1.60. The summed E-state index contributed by atoms with van der Waals surface area (Å²) in [6.07, 6.45) is 1.56. The van der Waals surface area contributed by atoms with Crippen molar-refractivity contribution in [1.82, 2.24) is 0 Å². The molecule has 0 saturated heterocycles. The highest BCUT2D eigenvalue weighted by Crippen LogP contribution is 2.32. The van der Waals surface area contributed by atoms with Gasteiger partial charge in [0.25, 0.3) is 0 Å². The van der Waals surface area contributed by atoms with E-state index in [0.29, 0.717) is 11.6 Å². The highest BCUT2D eigenvalue weighted by molar-refractivity contribution is 5.58. The van der Waals surface area contributed by atoms with Gasteiger partial charge in [-0.15, -0.1) is 0 Å². The normalized spacial score (nSPS) is 9.93. The molecule has 3 nitrogen and oxygen atoms in total. The molecule has 0 fully saturated rings. The number of aliphatic imine (C=N–C) groups is 1. The minimum atomic E-state index is 0.334. The van der Waals surface area contributed by atoms with Gasteiger partial charge >= 0.3 is 0 Å². The molecule has 0 radical (unpaired) electrons. The maximum Gasteiger partial charge on any atom is 0.240 e. The van der Waals surface area contributed by atoms with Gasteiger partial charge in [0.05, 0.1) is 12.8 Å². The standard InChI is InChI=1S/C12H15NO2/c1-8(2)10-6-11(13-7-14)9(3)5-12(10)15-4/h5-6,8H,1-4H3. The monoisotopic (exact) mass is 205 g/mol. The minimum absolute atomic E-state index is 0.334. The molecule has 0 atom stereocenters. The minimum Gasteiger partial charge on any atom is -0.496 e. The van der Waals surface area contributed by atoms with Crippen molar-refractivity contribution in [3.8, 4) is 5.75 Å². The summed E-state index contributed by atoms with van der Waals surface area (Å²) in [4.78, 5) is 13.9. The van der Waals surface area contributed by atoms with Crippen molar-refractivity contribution in [1.29, 1.82) is 0 Å². The lowest BCUT2D eigenvalue weighted by atomic mass is 9.99. The molecule has 0 aliphatic heterocycles. The van der Waals surface area contributed by atoms with E-state index in [1.54, 1.807) is 13.2 Å². The average Bonchev–Trinajstić information content (AvgIpc) is 2.20. The van der Waals surface area contributed by atoms with Crippen LogP contribution in [-0.4, -0.2) is 13.2 Å². The summed E-state index contributed by atoms with van der Waals surface area (Å²) in [6, 6.07) is 3.77. The Balaban J connectivity index is 3.36. The topological polar surface area (TPSA) is 38.7 Å². The molecule has 0 aliphatic carbocycles. The summed E-state index contributed by atoms with van der Waals surface area (Å²) in [7, 11) is 1.64. The number of ether oxygens (including phenoxy) is 1. The summed E-state index contributed by atoms with van der Waals surface area (Å²) >= 11 is 0. The second-order valence-corrected chi connectivity index (χ2v) is 3.74. The molecule has 0 amide bonds. The van der Waals surface area contributed by atoms with Crippen molar-refractivity contribution in [2.75, 3.05) is 7.11 Å². The van der Waals surface area contributed by atoms with Gasteiger partial charge in [0, 0.05) is 0 Å². The molecule has 0 unspecified atom stereocenters. The van der Waals surface area contributed by atoms with Crippen molar-refractivity contribution >= 4 is 11.8 Å². The number of carbonyl (C=O) groups excluding carboxylic acids is 1. The lowest BCUT2D eigenvalue weighted by Gasteiger charge is -2.13. The zero-order valence-corrected chi connectivity index (χ0v) is 9.50. The van der Waals surface area contributed by atoms with Gasteiger partial charge in [-0.25, -0.2) is 4.79 Å². The molecular weight excluding hydrogens is 190 g/mol. The average molecular weight is 205 g/mol. The summed E-state index contributed by atoms with van der Waals surface area (Å²) < 4.78 is 5.28. The van der Waals surface area contributed by atoms with E-state index in [-0.39, 0.29) is 0 Å². The van der Waals surface area contributed by atoms with Crippen molar-refractivity contribution in [2.24, 2.45) is 4.99 Å². The van der Waals surface area contributed by atoms with Gasteiger partial charge in [-0.05, 0) is 36.1 Å². The molecule has 0 aliphatic rings. The predicted octanol–water partition coefficient (Wildman–Crippen LogP) is 3.09. The summed E-state index contributed by atoms with van der Waals surface area (Å²) in [5, 5.41) is 0. The quantitative estimate of drug-likeness (QED) is 0.561. The first-order valence-corrected chi connectivity index (χ1v) is 4.86. The largest absolute Gasteiger partial charge is 0.496 e. The molecule has 0 N–H and O–H groups in total. The zero-order chi connectivity index (χ0) is 11.4. The third-order valence-corrected chi connectivity index (χ3v) is 2.34. The summed E-state index contributed by atoms with van der Waals surface area (Å²) in [5.74, 6) is 1.17. The first-order valence-electron chi connectivity index (χ1n) is 4.86. The first kappa shape index (κ1) is 11.5. The Labute approximate surface area is 89.8 Å². The third-order valence-electron chi connectivity index (χ3n) is 2.34. The fourth-order valence-electron chi connectivity index (χ4n) is 1.48. The molecular formula is C12H15NO2. The van der Waals surface area contributed by atoms with E-state index < -0.39 is 0 Å². The molecule has 1 rings (SSSR count). The van der Waals surface area contributed by atoms with Crippen LogP contribution in [0, 0.1) is 6.92 Å². The second kappa shape index (κ2) is 4.76. The van der Waals surface area contributed by atoms with Crippen LogP contribution in [0.2, 0.25) is 0 Å². The predicted molar refractivity (Wildman–Crippen MR) is 59.6 cm³/mol. The number of rotatable bonds is 3. The van der Waals surface area contributed by atoms with Gasteiger partial charge in [0.15, 0.2) is 0 Å². The number of isocyanates is 1. The number of hydrogen-bond acceptors (Lipinski definition) is 3. The van der Waals surface area contributed by atoms with Crippen molar-refractivity contribution in [2.45, 2.75) is 26.7 Å². The van der Waals surface area contributed by atoms with Gasteiger partial charge in [0.1, 0.15) is 5.75 Å². The number of hydrogen-bond donors (Lipinski definition) is 0. The van der Waals surface area contributed by atoms with Crippen LogP contribution in [0.5, 0.6) is 5.75 Å². The van der Waals surface area contributed by atoms with Crippen molar-refractivity contribution in [3.63, 3.8) is 0 Å². The molecule has 0 saturated carbocycles. The number of aryl methyl sites for hydroxylation is 1. The maximum absolute atomic E-state index is 10.2. The van der Waals surface area contributed by atoms with E-state index in [9.17, 15) is 4.79 Å². The summed E-state index contributed by atoms with van der Waals surface area (Å²) in [6.45, 7) is 6.03. The second-order valence-electron chi connectivity index (χ2n) is 3.74. The molecule has 15 heavy (non-hydrogen) atoms. The molecule has 0 spiro atoms. The van der Waals surface area contributed by atoms with Crippen molar-refractivity contribution < 1.29 is 9.53 Å².